The van der Waals surface area contributed by atoms with Crippen LogP contribution in [0.2, 0.25) is 0 Å². The first-order valence-electron chi connectivity index (χ1n) is 10.4. The molecular weight excluding hydrogens is 370 g/mol. The predicted molar refractivity (Wildman–Crippen MR) is 124 cm³/mol. The van der Waals surface area contributed by atoms with E-state index in [-0.39, 0.29) is 5.75 Å². The van der Waals surface area contributed by atoms with Crippen LogP contribution in [0.4, 0.5) is 0 Å². The molecule has 4 heteroatoms. The van der Waals surface area contributed by atoms with E-state index in [1.54, 1.807) is 4.80 Å². The van der Waals surface area contributed by atoms with Crippen molar-refractivity contribution in [2.24, 2.45) is 0 Å². The van der Waals surface area contributed by atoms with E-state index in [4.69, 9.17) is 0 Å². The van der Waals surface area contributed by atoms with Crippen LogP contribution < -0.4 is 0 Å². The third-order valence-electron chi connectivity index (χ3n) is 6.71. The fourth-order valence-corrected chi connectivity index (χ4v) is 4.29. The van der Waals surface area contributed by atoms with Crippen LogP contribution in [-0.4, -0.2) is 20.1 Å². The van der Waals surface area contributed by atoms with Gasteiger partial charge in [-0.2, -0.15) is 0 Å². The number of fused-ring (bicyclic) bond motifs is 1. The molecule has 0 atom stereocenters. The number of phenolic OH excluding ortho intramolecular Hbond substituents is 1. The molecule has 0 fully saturated rings. The Bertz CT molecular complexity index is 1260. The van der Waals surface area contributed by atoms with Gasteiger partial charge in [-0.1, -0.05) is 0 Å². The van der Waals surface area contributed by atoms with Gasteiger partial charge >= 0.3 is 0 Å². The summed E-state index contributed by atoms with van der Waals surface area (Å²) in [5, 5.41) is 20.7. The second kappa shape index (κ2) is 6.98. The molecule has 0 aliphatic rings. The summed E-state index contributed by atoms with van der Waals surface area (Å²) in [5.41, 5.74) is 13.9. The topological polar surface area (TPSA) is 50.9 Å². The highest BCUT2D eigenvalue weighted by Gasteiger charge is 2.20. The third kappa shape index (κ3) is 2.98. The molecule has 4 rings (SSSR count). The van der Waals surface area contributed by atoms with Crippen molar-refractivity contribution in [2.75, 3.05) is 0 Å². The highest BCUT2D eigenvalue weighted by atomic mass is 16.3. The summed E-state index contributed by atoms with van der Waals surface area (Å²) in [6.45, 7) is 16.9. The van der Waals surface area contributed by atoms with Crippen molar-refractivity contribution in [3.05, 3.63) is 68.8 Å². The van der Waals surface area contributed by atoms with Crippen molar-refractivity contribution in [3.8, 4) is 22.6 Å². The van der Waals surface area contributed by atoms with Crippen molar-refractivity contribution in [1.29, 1.82) is 0 Å². The smallest absolute Gasteiger partial charge is 0.150 e. The number of phenols is 1. The summed E-state index contributed by atoms with van der Waals surface area (Å²) in [5.74, 6) is 0.211. The molecule has 1 N–H and O–H groups in total. The van der Waals surface area contributed by atoms with Crippen LogP contribution in [0.1, 0.15) is 44.5 Å². The highest BCUT2D eigenvalue weighted by molar-refractivity contribution is 5.82. The van der Waals surface area contributed by atoms with Crippen molar-refractivity contribution in [2.45, 2.75) is 55.4 Å². The Morgan fingerprint density at radius 2 is 1.10 bits per heavy atom. The molecule has 0 aliphatic heterocycles. The summed E-state index contributed by atoms with van der Waals surface area (Å²) in [6.07, 6.45) is 0. The normalized spacial score (nSPS) is 11.5. The Hall–Kier alpha value is -3.14. The largest absolute Gasteiger partial charge is 0.505 e. The summed E-state index contributed by atoms with van der Waals surface area (Å²) in [6, 6.07) is 8.09. The van der Waals surface area contributed by atoms with Crippen LogP contribution in [-0.2, 0) is 0 Å². The molecule has 0 saturated carbocycles. The molecule has 0 unspecified atom stereocenters. The van der Waals surface area contributed by atoms with Crippen LogP contribution in [0.15, 0.2) is 24.3 Å². The molecule has 0 radical (unpaired) electrons. The van der Waals surface area contributed by atoms with Gasteiger partial charge in [0.25, 0.3) is 0 Å². The van der Waals surface area contributed by atoms with E-state index in [9.17, 15) is 5.11 Å². The molecule has 3 aromatic carbocycles. The molecule has 0 saturated heterocycles. The van der Waals surface area contributed by atoms with Gasteiger partial charge in [0.1, 0.15) is 16.7 Å². The summed E-state index contributed by atoms with van der Waals surface area (Å²) in [4.78, 5) is 1.56. The maximum atomic E-state index is 11.4. The van der Waals surface area contributed by atoms with Crippen LogP contribution in [0.25, 0.3) is 27.8 Å². The van der Waals surface area contributed by atoms with E-state index < -0.39 is 0 Å². The van der Waals surface area contributed by atoms with E-state index in [0.717, 1.165) is 27.7 Å². The quantitative estimate of drug-likeness (QED) is 0.433. The van der Waals surface area contributed by atoms with E-state index in [2.05, 4.69) is 64.7 Å². The molecule has 0 aliphatic carbocycles. The molecule has 1 aromatic heterocycles. The molecule has 30 heavy (non-hydrogen) atoms. The third-order valence-corrected chi connectivity index (χ3v) is 6.71. The zero-order valence-electron chi connectivity index (χ0n) is 19.1. The van der Waals surface area contributed by atoms with Crippen LogP contribution in [0.5, 0.6) is 5.75 Å². The Balaban J connectivity index is 2.00. The maximum absolute atomic E-state index is 11.4. The molecule has 4 nitrogen and oxygen atoms in total. The monoisotopic (exact) mass is 399 g/mol. The van der Waals surface area contributed by atoms with Gasteiger partial charge in [-0.3, -0.25) is 0 Å². The lowest BCUT2D eigenvalue weighted by Gasteiger charge is -2.21. The van der Waals surface area contributed by atoms with E-state index in [0.29, 0.717) is 5.69 Å². The number of nitrogens with zero attached hydrogens (tertiary/aromatic N) is 3. The zero-order valence-corrected chi connectivity index (χ0v) is 19.1. The maximum Gasteiger partial charge on any atom is 0.150 e. The van der Waals surface area contributed by atoms with Gasteiger partial charge in [0.2, 0.25) is 0 Å². The Kier molecular flexibility index (Phi) is 4.69. The number of benzene rings is 3. The minimum Gasteiger partial charge on any atom is -0.505 e. The first-order valence-corrected chi connectivity index (χ1v) is 10.4. The van der Waals surface area contributed by atoms with Gasteiger partial charge in [-0.25, -0.2) is 0 Å². The number of aromatic nitrogens is 3. The lowest BCUT2D eigenvalue weighted by atomic mass is 9.85. The molecule has 0 spiro atoms. The zero-order chi connectivity index (χ0) is 21.9. The minimum absolute atomic E-state index is 0.211. The van der Waals surface area contributed by atoms with Gasteiger partial charge in [-0.05, 0) is 130 Å². The van der Waals surface area contributed by atoms with Gasteiger partial charge in [0, 0.05) is 5.56 Å². The molecule has 4 aromatic rings. The molecule has 1 heterocycles. The van der Waals surface area contributed by atoms with E-state index in [1.165, 1.54) is 38.9 Å². The van der Waals surface area contributed by atoms with E-state index >= 15 is 0 Å². The number of aromatic hydroxyl groups is 1. The second-order valence-electron chi connectivity index (χ2n) is 8.59. The Morgan fingerprint density at radius 1 is 0.633 bits per heavy atom. The molecular formula is C26H29N3O. The lowest BCUT2D eigenvalue weighted by molar-refractivity contribution is 0.469. The fourth-order valence-electron chi connectivity index (χ4n) is 4.29. The predicted octanol–water partition coefficient (Wildman–Crippen LogP) is 6.26. The van der Waals surface area contributed by atoms with Crippen molar-refractivity contribution < 1.29 is 5.11 Å². The Morgan fingerprint density at radius 3 is 1.60 bits per heavy atom. The minimum atomic E-state index is 0.211. The first kappa shape index (κ1) is 20.1. The van der Waals surface area contributed by atoms with Crippen LogP contribution >= 0.6 is 0 Å². The van der Waals surface area contributed by atoms with Gasteiger partial charge in [-0.15, -0.1) is 15.0 Å². The molecule has 0 amide bonds. The first-order chi connectivity index (χ1) is 14.1. The average Bonchev–Trinajstić information content (AvgIpc) is 3.10. The highest BCUT2D eigenvalue weighted by Crippen LogP contribution is 2.41. The van der Waals surface area contributed by atoms with Gasteiger partial charge in [0.05, 0.1) is 0 Å². The number of hydrogen-bond donors (Lipinski definition) is 1. The van der Waals surface area contributed by atoms with Gasteiger partial charge < -0.3 is 5.11 Å². The lowest BCUT2D eigenvalue weighted by Crippen LogP contribution is -2.03. The van der Waals surface area contributed by atoms with Crippen molar-refractivity contribution >= 4 is 11.0 Å². The standard InChI is InChI=1S/C26H29N3O/c1-13-9-21(25-19(7)17(5)16(4)18(6)20(25)8)26(30)24(10-13)29-27-22-11-14(2)15(3)12-23(22)28-29/h9-12,30H,1-8H3. The van der Waals surface area contributed by atoms with E-state index in [1.807, 2.05) is 25.1 Å². The Labute approximate surface area is 178 Å². The summed E-state index contributed by atoms with van der Waals surface area (Å²) >= 11 is 0. The van der Waals surface area contributed by atoms with Crippen LogP contribution in [0, 0.1) is 55.4 Å². The fraction of sp³-hybridized carbons (Fsp3) is 0.308. The SMILES string of the molecule is Cc1cc(-c2c(C)c(C)c(C)c(C)c2C)c(O)c(-n2nc3cc(C)c(C)cc3n2)c1. The number of aryl methyl sites for hydroxylation is 3. The number of hydrogen-bond acceptors (Lipinski definition) is 3. The molecule has 154 valence electrons. The molecule has 0 bridgehead atoms. The van der Waals surface area contributed by atoms with Crippen molar-refractivity contribution in [3.63, 3.8) is 0 Å². The second-order valence-corrected chi connectivity index (χ2v) is 8.59. The summed E-state index contributed by atoms with van der Waals surface area (Å²) in [7, 11) is 0. The number of rotatable bonds is 2. The van der Waals surface area contributed by atoms with Gasteiger partial charge in [0.15, 0.2) is 5.75 Å². The average molecular weight is 400 g/mol. The van der Waals surface area contributed by atoms with Crippen molar-refractivity contribution in [1.82, 2.24) is 15.0 Å². The van der Waals surface area contributed by atoms with Crippen LogP contribution in [0.3, 0.4) is 0 Å². The summed E-state index contributed by atoms with van der Waals surface area (Å²) < 4.78 is 0.